The molecule has 1 N–H and O–H groups in total. The Balaban J connectivity index is 2.30. The molecule has 0 aromatic heterocycles. The number of carbonyl (C=O) groups is 2. The van der Waals surface area contributed by atoms with Gasteiger partial charge in [0.15, 0.2) is 4.84 Å². The number of hydrogen-bond donors (Lipinski definition) is 1. The number of imide groups is 1. The molecule has 1 aliphatic rings. The lowest BCUT2D eigenvalue weighted by molar-refractivity contribution is -0.133. The first-order chi connectivity index (χ1) is 5.61. The molecule has 0 radical (unpaired) electrons. The van der Waals surface area contributed by atoms with Crippen molar-refractivity contribution in [2.75, 3.05) is 0 Å². The largest absolute Gasteiger partial charge is 0.294 e. The van der Waals surface area contributed by atoms with Crippen molar-refractivity contribution in [3.05, 3.63) is 0 Å². The van der Waals surface area contributed by atoms with E-state index in [9.17, 15) is 9.59 Å². The zero-order valence-electron chi connectivity index (χ0n) is 6.35. The number of carbonyl (C=O) groups excluding carboxylic acids is 2. The molecule has 5 heteroatoms. The van der Waals surface area contributed by atoms with Gasteiger partial charge in [-0.25, -0.2) is 0 Å². The van der Waals surface area contributed by atoms with Crippen LogP contribution in [0.4, 0.5) is 0 Å². The first-order valence-electron chi connectivity index (χ1n) is 3.74. The molecule has 3 nitrogen and oxygen atoms in total. The maximum absolute atomic E-state index is 11.1. The number of rotatable bonds is 2. The maximum atomic E-state index is 11.1. The average molecular weight is 210 g/mol. The summed E-state index contributed by atoms with van der Waals surface area (Å²) in [5.74, 6) is -0.895. The van der Waals surface area contributed by atoms with E-state index in [0.29, 0.717) is 0 Å². The van der Waals surface area contributed by atoms with Crippen molar-refractivity contribution < 1.29 is 9.59 Å². The minimum Gasteiger partial charge on any atom is -0.294 e. The molecule has 0 bridgehead atoms. The molecule has 1 saturated carbocycles. The van der Waals surface area contributed by atoms with Gasteiger partial charge in [0.25, 0.3) is 5.91 Å². The number of alkyl halides is 2. The van der Waals surface area contributed by atoms with Crippen LogP contribution >= 0.6 is 23.2 Å². The molecule has 0 unspecified atom stereocenters. The lowest BCUT2D eigenvalue weighted by Crippen LogP contribution is -2.40. The van der Waals surface area contributed by atoms with Gasteiger partial charge >= 0.3 is 0 Å². The lowest BCUT2D eigenvalue weighted by Gasteiger charge is -2.23. The van der Waals surface area contributed by atoms with Crippen LogP contribution in [0, 0.1) is 5.92 Å². The van der Waals surface area contributed by atoms with Crippen LogP contribution in [0.2, 0.25) is 0 Å². The van der Waals surface area contributed by atoms with E-state index in [2.05, 4.69) is 5.32 Å². The summed E-state index contributed by atoms with van der Waals surface area (Å²) in [6.07, 6.45) is 2.76. The molecule has 12 heavy (non-hydrogen) atoms. The van der Waals surface area contributed by atoms with Crippen LogP contribution in [0.1, 0.15) is 19.3 Å². The van der Waals surface area contributed by atoms with E-state index in [-0.39, 0.29) is 11.8 Å². The molecule has 1 aliphatic carbocycles. The Morgan fingerprint density at radius 3 is 2.25 bits per heavy atom. The summed E-state index contributed by atoms with van der Waals surface area (Å²) in [4.78, 5) is 20.7. The Hall–Kier alpha value is -0.280. The zero-order chi connectivity index (χ0) is 9.14. The summed E-state index contributed by atoms with van der Waals surface area (Å²) in [7, 11) is 0. The van der Waals surface area contributed by atoms with Crippen LogP contribution < -0.4 is 5.32 Å². The molecule has 68 valence electrons. The summed E-state index contributed by atoms with van der Waals surface area (Å²) >= 11 is 10.5. The molecular weight excluding hydrogens is 201 g/mol. The molecule has 0 atom stereocenters. The molecule has 1 fully saturated rings. The second-order valence-corrected chi connectivity index (χ2v) is 3.88. The van der Waals surface area contributed by atoms with Crippen molar-refractivity contribution in [3.8, 4) is 0 Å². The van der Waals surface area contributed by atoms with Gasteiger partial charge in [-0.15, -0.1) is 0 Å². The number of halogens is 2. The molecule has 0 heterocycles. The Morgan fingerprint density at radius 1 is 1.33 bits per heavy atom. The highest BCUT2D eigenvalue weighted by Gasteiger charge is 2.27. The van der Waals surface area contributed by atoms with Gasteiger partial charge in [-0.2, -0.15) is 0 Å². The highest BCUT2D eigenvalue weighted by atomic mass is 35.5. The van der Waals surface area contributed by atoms with Gasteiger partial charge < -0.3 is 0 Å². The van der Waals surface area contributed by atoms with Gasteiger partial charge in [0.1, 0.15) is 0 Å². The van der Waals surface area contributed by atoms with E-state index in [1.54, 1.807) is 0 Å². The van der Waals surface area contributed by atoms with Gasteiger partial charge in [-0.3, -0.25) is 14.9 Å². The fraction of sp³-hybridized carbons (Fsp3) is 0.714. The van der Waals surface area contributed by atoms with E-state index in [4.69, 9.17) is 23.2 Å². The standard InChI is InChI=1S/C7H9Cl2NO2/c8-5(9)7(12)10-6(11)4-2-1-3-4/h4-5H,1-3H2,(H,10,11,12). The Bertz CT molecular complexity index is 202. The Labute approximate surface area is 80.4 Å². The second-order valence-electron chi connectivity index (χ2n) is 2.78. The fourth-order valence-electron chi connectivity index (χ4n) is 0.948. The molecule has 0 aliphatic heterocycles. The van der Waals surface area contributed by atoms with E-state index >= 15 is 0 Å². The van der Waals surface area contributed by atoms with Crippen LogP contribution in [-0.2, 0) is 9.59 Å². The minimum atomic E-state index is -1.16. The molecule has 0 saturated heterocycles. The second kappa shape index (κ2) is 4.10. The lowest BCUT2D eigenvalue weighted by atomic mass is 9.85. The number of amides is 2. The van der Waals surface area contributed by atoms with E-state index in [0.717, 1.165) is 19.3 Å². The van der Waals surface area contributed by atoms with E-state index in [1.165, 1.54) is 0 Å². The third-order valence-electron chi connectivity index (χ3n) is 1.92. The summed E-state index contributed by atoms with van der Waals surface area (Å²) in [5, 5.41) is 2.14. The topological polar surface area (TPSA) is 46.2 Å². The van der Waals surface area contributed by atoms with Gasteiger partial charge in [0.05, 0.1) is 0 Å². The number of nitrogens with one attached hydrogen (secondary N) is 1. The average Bonchev–Trinajstić information content (AvgIpc) is 1.82. The zero-order valence-corrected chi connectivity index (χ0v) is 7.86. The van der Waals surface area contributed by atoms with Crippen LogP contribution in [0.15, 0.2) is 0 Å². The first-order valence-corrected chi connectivity index (χ1v) is 4.61. The summed E-state index contributed by atoms with van der Waals surface area (Å²) < 4.78 is 0. The van der Waals surface area contributed by atoms with E-state index in [1.807, 2.05) is 0 Å². The number of hydrogen-bond acceptors (Lipinski definition) is 2. The molecule has 0 spiro atoms. The normalized spacial score (nSPS) is 17.2. The van der Waals surface area contributed by atoms with Gasteiger partial charge in [0, 0.05) is 5.92 Å². The molecule has 1 rings (SSSR count). The van der Waals surface area contributed by atoms with Crippen molar-refractivity contribution in [3.63, 3.8) is 0 Å². The van der Waals surface area contributed by atoms with Crippen molar-refractivity contribution >= 4 is 35.0 Å². The highest BCUT2D eigenvalue weighted by Crippen LogP contribution is 2.26. The molecule has 0 aromatic carbocycles. The van der Waals surface area contributed by atoms with Crippen LogP contribution in [0.5, 0.6) is 0 Å². The summed E-state index contributed by atoms with van der Waals surface area (Å²) in [5.41, 5.74) is 0. The van der Waals surface area contributed by atoms with Crippen molar-refractivity contribution in [2.24, 2.45) is 5.92 Å². The van der Waals surface area contributed by atoms with Crippen molar-refractivity contribution in [2.45, 2.75) is 24.1 Å². The highest BCUT2D eigenvalue weighted by molar-refractivity contribution is 6.54. The molecule has 0 aromatic rings. The SMILES string of the molecule is O=C(NC(=O)C1CCC1)C(Cl)Cl. The third kappa shape index (κ3) is 2.35. The maximum Gasteiger partial charge on any atom is 0.259 e. The summed E-state index contributed by atoms with van der Waals surface area (Å²) in [6.45, 7) is 0. The quantitative estimate of drug-likeness (QED) is 0.696. The monoisotopic (exact) mass is 209 g/mol. The molecular formula is C7H9Cl2NO2. The predicted octanol–water partition coefficient (Wildman–Crippen LogP) is 1.23. The van der Waals surface area contributed by atoms with Gasteiger partial charge in [0.2, 0.25) is 5.91 Å². The summed E-state index contributed by atoms with van der Waals surface area (Å²) in [6, 6.07) is 0. The van der Waals surface area contributed by atoms with Gasteiger partial charge in [-0.05, 0) is 12.8 Å². The minimum absolute atomic E-state index is 0.0129. The fourth-order valence-corrected chi connectivity index (χ4v) is 1.06. The van der Waals surface area contributed by atoms with Crippen LogP contribution in [0.25, 0.3) is 0 Å². The van der Waals surface area contributed by atoms with Crippen molar-refractivity contribution in [1.82, 2.24) is 5.32 Å². The third-order valence-corrected chi connectivity index (χ3v) is 2.32. The first kappa shape index (κ1) is 9.81. The Kier molecular flexibility index (Phi) is 3.35. The predicted molar refractivity (Wildman–Crippen MR) is 46.0 cm³/mol. The van der Waals surface area contributed by atoms with E-state index < -0.39 is 10.7 Å². The smallest absolute Gasteiger partial charge is 0.259 e. The van der Waals surface area contributed by atoms with Crippen molar-refractivity contribution in [1.29, 1.82) is 0 Å². The van der Waals surface area contributed by atoms with Crippen LogP contribution in [0.3, 0.4) is 0 Å². The van der Waals surface area contributed by atoms with Crippen LogP contribution in [-0.4, -0.2) is 16.7 Å². The molecule has 2 amide bonds. The Morgan fingerprint density at radius 2 is 1.92 bits per heavy atom. The van der Waals surface area contributed by atoms with Gasteiger partial charge in [-0.1, -0.05) is 29.6 Å².